The number of rotatable bonds is 5. The highest BCUT2D eigenvalue weighted by molar-refractivity contribution is 6.34. The molecule has 1 fully saturated rings. The van der Waals surface area contributed by atoms with Crippen molar-refractivity contribution in [3.8, 4) is 0 Å². The van der Waals surface area contributed by atoms with Crippen LogP contribution in [0.2, 0.25) is 5.02 Å². The molecule has 1 aromatic heterocycles. The number of amides is 2. The van der Waals surface area contributed by atoms with Gasteiger partial charge in [0.05, 0.1) is 16.8 Å². The summed E-state index contributed by atoms with van der Waals surface area (Å²) in [7, 11) is 0. The van der Waals surface area contributed by atoms with Gasteiger partial charge in [-0.15, -0.1) is 0 Å². The maximum absolute atomic E-state index is 13.1. The summed E-state index contributed by atoms with van der Waals surface area (Å²) < 4.78 is 13.1. The average molecular weight is 453 g/mol. The van der Waals surface area contributed by atoms with Gasteiger partial charge in [-0.2, -0.15) is 0 Å². The fourth-order valence-corrected chi connectivity index (χ4v) is 4.04. The topological polar surface area (TPSA) is 75.2 Å². The van der Waals surface area contributed by atoms with Crippen LogP contribution in [0.3, 0.4) is 0 Å². The molecule has 6 nitrogen and oxygen atoms in total. The number of nitrogens with one attached hydrogen (secondary N) is 1. The lowest BCUT2D eigenvalue weighted by Crippen LogP contribution is -2.39. The molecule has 0 bridgehead atoms. The van der Waals surface area contributed by atoms with E-state index in [9.17, 15) is 14.0 Å². The Kier molecular flexibility index (Phi) is 6.75. The maximum Gasteiger partial charge on any atom is 0.275 e. The molecule has 2 aromatic carbocycles. The second-order valence-electron chi connectivity index (χ2n) is 7.81. The molecule has 4 rings (SSSR count). The van der Waals surface area contributed by atoms with Crippen LogP contribution < -0.4 is 5.32 Å². The molecular weight excluding hydrogens is 431 g/mol. The average Bonchev–Trinajstić information content (AvgIpc) is 2.82. The fraction of sp³-hybridized carbons (Fsp3) is 0.250. The van der Waals surface area contributed by atoms with Gasteiger partial charge in [-0.3, -0.25) is 14.6 Å². The van der Waals surface area contributed by atoms with E-state index in [4.69, 9.17) is 11.6 Å². The van der Waals surface area contributed by atoms with Crippen molar-refractivity contribution in [1.82, 2.24) is 14.9 Å². The number of likely N-dealkylation sites (tertiary alicyclic amines) is 1. The van der Waals surface area contributed by atoms with Gasteiger partial charge in [0.15, 0.2) is 0 Å². The van der Waals surface area contributed by atoms with Gasteiger partial charge < -0.3 is 10.2 Å². The van der Waals surface area contributed by atoms with Crippen LogP contribution >= 0.6 is 11.6 Å². The number of piperidine rings is 1. The highest BCUT2D eigenvalue weighted by atomic mass is 35.5. The summed E-state index contributed by atoms with van der Waals surface area (Å²) in [6, 6.07) is 11.4. The Bertz CT molecular complexity index is 1100. The summed E-state index contributed by atoms with van der Waals surface area (Å²) in [5.74, 6) is -0.370. The van der Waals surface area contributed by atoms with Gasteiger partial charge >= 0.3 is 0 Å². The first-order valence-electron chi connectivity index (χ1n) is 10.4. The monoisotopic (exact) mass is 452 g/mol. The summed E-state index contributed by atoms with van der Waals surface area (Å²) in [4.78, 5) is 35.1. The Morgan fingerprint density at radius 3 is 2.53 bits per heavy atom. The van der Waals surface area contributed by atoms with E-state index in [0.717, 1.165) is 24.8 Å². The van der Waals surface area contributed by atoms with Crippen LogP contribution in [0.4, 0.5) is 10.1 Å². The lowest BCUT2D eigenvalue weighted by Gasteiger charge is -2.32. The van der Waals surface area contributed by atoms with E-state index in [1.54, 1.807) is 23.1 Å². The minimum absolute atomic E-state index is 0.161. The van der Waals surface area contributed by atoms with Crippen LogP contribution in [0, 0.1) is 11.7 Å². The van der Waals surface area contributed by atoms with Crippen molar-refractivity contribution in [2.45, 2.75) is 19.3 Å². The Morgan fingerprint density at radius 1 is 1.09 bits per heavy atom. The predicted molar refractivity (Wildman–Crippen MR) is 120 cm³/mol. The molecule has 164 valence electrons. The Hall–Kier alpha value is -3.32. The number of carbonyl (C=O) groups is 2. The third-order valence-corrected chi connectivity index (χ3v) is 5.92. The van der Waals surface area contributed by atoms with Crippen molar-refractivity contribution >= 4 is 29.1 Å². The third-order valence-electron chi connectivity index (χ3n) is 5.59. The lowest BCUT2D eigenvalue weighted by molar-refractivity contribution is 0.0690. The summed E-state index contributed by atoms with van der Waals surface area (Å²) >= 11 is 6.30. The second-order valence-corrected chi connectivity index (χ2v) is 8.21. The van der Waals surface area contributed by atoms with Crippen LogP contribution in [0.15, 0.2) is 61.1 Å². The predicted octanol–water partition coefficient (Wildman–Crippen LogP) is 4.62. The van der Waals surface area contributed by atoms with Crippen LogP contribution in [-0.4, -0.2) is 39.8 Å². The normalized spacial score (nSPS) is 14.2. The molecule has 0 atom stereocenters. The zero-order valence-corrected chi connectivity index (χ0v) is 18.1. The van der Waals surface area contributed by atoms with Gasteiger partial charge in [-0.1, -0.05) is 23.7 Å². The molecule has 1 aliphatic rings. The van der Waals surface area contributed by atoms with Gasteiger partial charge in [0, 0.05) is 31.2 Å². The molecule has 32 heavy (non-hydrogen) atoms. The van der Waals surface area contributed by atoms with Crippen molar-refractivity contribution < 1.29 is 14.0 Å². The van der Waals surface area contributed by atoms with Crippen molar-refractivity contribution in [2.24, 2.45) is 5.92 Å². The molecule has 1 saturated heterocycles. The number of halogens is 2. The van der Waals surface area contributed by atoms with E-state index in [0.29, 0.717) is 35.3 Å². The van der Waals surface area contributed by atoms with E-state index < -0.39 is 5.91 Å². The van der Waals surface area contributed by atoms with Gasteiger partial charge in [-0.25, -0.2) is 9.37 Å². The van der Waals surface area contributed by atoms with Crippen molar-refractivity contribution in [1.29, 1.82) is 0 Å². The first-order valence-corrected chi connectivity index (χ1v) is 10.8. The van der Waals surface area contributed by atoms with Gasteiger partial charge in [0.1, 0.15) is 11.5 Å². The zero-order valence-electron chi connectivity index (χ0n) is 17.3. The van der Waals surface area contributed by atoms with Crippen molar-refractivity contribution in [2.75, 3.05) is 18.4 Å². The number of aromatic nitrogens is 2. The van der Waals surface area contributed by atoms with E-state index in [-0.39, 0.29) is 17.4 Å². The molecular formula is C24H22ClFN4O2. The molecule has 1 aliphatic heterocycles. The zero-order chi connectivity index (χ0) is 22.5. The van der Waals surface area contributed by atoms with Crippen LogP contribution in [0.25, 0.3) is 0 Å². The largest absolute Gasteiger partial charge is 0.339 e. The first kappa shape index (κ1) is 21.9. The Balaban J connectivity index is 1.38. The fourth-order valence-electron chi connectivity index (χ4n) is 3.84. The number of nitrogens with zero attached hydrogens (tertiary/aromatic N) is 3. The first-order chi connectivity index (χ1) is 15.5. The molecule has 0 radical (unpaired) electrons. The van der Waals surface area contributed by atoms with Crippen LogP contribution in [0.5, 0.6) is 0 Å². The summed E-state index contributed by atoms with van der Waals surface area (Å²) in [6.45, 7) is 1.24. The highest BCUT2D eigenvalue weighted by Gasteiger charge is 2.25. The number of anilines is 1. The number of carbonyl (C=O) groups excluding carboxylic acids is 2. The van der Waals surface area contributed by atoms with E-state index in [1.165, 1.54) is 30.7 Å². The summed E-state index contributed by atoms with van der Waals surface area (Å²) in [6.07, 6.45) is 6.89. The third kappa shape index (κ3) is 5.29. The van der Waals surface area contributed by atoms with Crippen LogP contribution in [0.1, 0.15) is 39.3 Å². The minimum Gasteiger partial charge on any atom is -0.339 e. The molecule has 2 heterocycles. The number of hydrogen-bond acceptors (Lipinski definition) is 4. The molecule has 8 heteroatoms. The smallest absolute Gasteiger partial charge is 0.275 e. The summed E-state index contributed by atoms with van der Waals surface area (Å²) in [5.41, 5.74) is 2.09. The molecule has 2 amide bonds. The molecule has 0 unspecified atom stereocenters. The van der Waals surface area contributed by atoms with Gasteiger partial charge in [0.25, 0.3) is 11.8 Å². The van der Waals surface area contributed by atoms with E-state index in [2.05, 4.69) is 15.3 Å². The summed E-state index contributed by atoms with van der Waals surface area (Å²) in [5, 5.41) is 3.06. The molecule has 0 saturated carbocycles. The van der Waals surface area contributed by atoms with Gasteiger partial charge in [0.2, 0.25) is 0 Å². The molecule has 0 aliphatic carbocycles. The molecule has 0 spiro atoms. The van der Waals surface area contributed by atoms with E-state index >= 15 is 0 Å². The molecule has 1 N–H and O–H groups in total. The lowest BCUT2D eigenvalue weighted by atomic mass is 9.90. The standard InChI is InChI=1S/C24H22ClFN4O2/c25-21-6-5-19(29-23(31)22-15-27-9-10-28-22)14-20(21)24(32)30-11-7-17(8-12-30)13-16-1-3-18(26)4-2-16/h1-6,9-10,14-15,17H,7-8,11-13H2,(H,29,31). The van der Waals surface area contributed by atoms with Crippen LogP contribution in [-0.2, 0) is 6.42 Å². The number of benzene rings is 2. The SMILES string of the molecule is O=C(Nc1ccc(Cl)c(C(=O)N2CCC(Cc3ccc(F)cc3)CC2)c1)c1cnccn1. The van der Waals surface area contributed by atoms with Crippen molar-refractivity contribution in [3.63, 3.8) is 0 Å². The maximum atomic E-state index is 13.1. The van der Waals surface area contributed by atoms with E-state index in [1.807, 2.05) is 12.1 Å². The number of hydrogen-bond donors (Lipinski definition) is 1. The second kappa shape index (κ2) is 9.87. The molecule has 3 aromatic rings. The van der Waals surface area contributed by atoms with Gasteiger partial charge in [-0.05, 0) is 61.1 Å². The Morgan fingerprint density at radius 2 is 1.84 bits per heavy atom. The quantitative estimate of drug-likeness (QED) is 0.613. The van der Waals surface area contributed by atoms with Crippen molar-refractivity contribution in [3.05, 3.63) is 88.7 Å². The Labute approximate surface area is 190 Å². The minimum atomic E-state index is -0.416. The highest BCUT2D eigenvalue weighted by Crippen LogP contribution is 2.27.